The molecule has 8 atom stereocenters. The fraction of sp³-hybridized carbons (Fsp3) is 0.867. The van der Waals surface area contributed by atoms with Gasteiger partial charge in [-0.1, -0.05) is 13.0 Å². The van der Waals surface area contributed by atoms with Crippen molar-refractivity contribution >= 4 is 0 Å². The van der Waals surface area contributed by atoms with Crippen LogP contribution in [0.2, 0.25) is 0 Å². The van der Waals surface area contributed by atoms with Gasteiger partial charge in [0.1, 0.15) is 12.2 Å². The first-order valence-electron chi connectivity index (χ1n) is 7.34. The Bertz CT molecular complexity index is 489. The molecule has 5 N–H and O–H groups in total. The van der Waals surface area contributed by atoms with Gasteiger partial charge in [-0.3, -0.25) is 0 Å². The molecule has 0 aromatic carbocycles. The normalized spacial score (nSPS) is 59.6. The zero-order valence-electron chi connectivity index (χ0n) is 12.5. The lowest BCUT2D eigenvalue weighted by molar-refractivity contribution is -0.287. The predicted molar refractivity (Wildman–Crippen MR) is 73.3 cm³/mol. The summed E-state index contributed by atoms with van der Waals surface area (Å²) in [5.74, 6) is 0. The van der Waals surface area contributed by atoms with Crippen LogP contribution < -0.4 is 0 Å². The molecule has 120 valence electrons. The fourth-order valence-electron chi connectivity index (χ4n) is 4.73. The monoisotopic (exact) mass is 300 g/mol. The van der Waals surface area contributed by atoms with Gasteiger partial charge in [0.25, 0.3) is 0 Å². The van der Waals surface area contributed by atoms with Gasteiger partial charge in [-0.25, -0.2) is 0 Å². The molecule has 1 heterocycles. The van der Waals surface area contributed by atoms with E-state index in [9.17, 15) is 25.5 Å². The highest BCUT2D eigenvalue weighted by Crippen LogP contribution is 2.66. The van der Waals surface area contributed by atoms with Gasteiger partial charge in [0.05, 0.1) is 30.5 Å². The van der Waals surface area contributed by atoms with Crippen molar-refractivity contribution in [3.63, 3.8) is 0 Å². The highest BCUT2D eigenvalue weighted by atomic mass is 16.5. The molecule has 0 amide bonds. The third kappa shape index (κ3) is 1.48. The summed E-state index contributed by atoms with van der Waals surface area (Å²) in [6.07, 6.45) is -2.84. The van der Waals surface area contributed by atoms with Crippen molar-refractivity contribution in [1.82, 2.24) is 0 Å². The van der Waals surface area contributed by atoms with E-state index in [0.29, 0.717) is 0 Å². The van der Waals surface area contributed by atoms with Gasteiger partial charge in [0, 0.05) is 10.8 Å². The fourth-order valence-corrected chi connectivity index (χ4v) is 4.73. The predicted octanol–water partition coefficient (Wildman–Crippen LogP) is -1.06. The minimum Gasteiger partial charge on any atom is -0.396 e. The summed E-state index contributed by atoms with van der Waals surface area (Å²) in [6.45, 7) is 4.59. The van der Waals surface area contributed by atoms with Crippen molar-refractivity contribution in [2.24, 2.45) is 10.8 Å². The van der Waals surface area contributed by atoms with Crippen LogP contribution in [0, 0.1) is 10.8 Å². The van der Waals surface area contributed by atoms with Crippen LogP contribution in [-0.2, 0) is 4.74 Å². The maximum atomic E-state index is 10.9. The third-order valence-corrected chi connectivity index (χ3v) is 6.48. The van der Waals surface area contributed by atoms with E-state index < -0.39 is 47.0 Å². The molecule has 2 bridgehead atoms. The Hall–Kier alpha value is -0.500. The van der Waals surface area contributed by atoms with E-state index >= 15 is 0 Å². The summed E-state index contributed by atoms with van der Waals surface area (Å²) in [5.41, 5.74) is -3.02. The molecule has 1 aliphatic heterocycles. The number of ether oxygens (including phenoxy) is 1. The largest absolute Gasteiger partial charge is 0.396 e. The second-order valence-electron chi connectivity index (χ2n) is 7.21. The van der Waals surface area contributed by atoms with Crippen LogP contribution in [0.15, 0.2) is 11.6 Å². The van der Waals surface area contributed by atoms with Crippen molar-refractivity contribution in [2.45, 2.75) is 63.3 Å². The molecule has 2 aliphatic carbocycles. The summed E-state index contributed by atoms with van der Waals surface area (Å²) in [5, 5.41) is 52.0. The summed E-state index contributed by atoms with van der Waals surface area (Å²) in [4.78, 5) is 0. The van der Waals surface area contributed by atoms with Crippen molar-refractivity contribution < 1.29 is 30.3 Å². The molecule has 3 rings (SSSR count). The molecule has 2 fully saturated rings. The van der Waals surface area contributed by atoms with E-state index in [4.69, 9.17) is 4.74 Å². The Kier molecular flexibility index (Phi) is 3.14. The van der Waals surface area contributed by atoms with Gasteiger partial charge < -0.3 is 30.3 Å². The average molecular weight is 300 g/mol. The van der Waals surface area contributed by atoms with Crippen molar-refractivity contribution in [2.75, 3.05) is 6.61 Å². The van der Waals surface area contributed by atoms with Crippen LogP contribution in [-0.4, -0.2) is 68.3 Å². The molecule has 21 heavy (non-hydrogen) atoms. The second kappa shape index (κ2) is 4.28. The van der Waals surface area contributed by atoms with Crippen molar-refractivity contribution in [3.05, 3.63) is 11.6 Å². The quantitative estimate of drug-likeness (QED) is 0.395. The first kappa shape index (κ1) is 15.4. The molecular weight excluding hydrogens is 276 g/mol. The summed E-state index contributed by atoms with van der Waals surface area (Å²) >= 11 is 0. The van der Waals surface area contributed by atoms with Gasteiger partial charge in [-0.15, -0.1) is 0 Å². The van der Waals surface area contributed by atoms with E-state index in [1.165, 1.54) is 6.92 Å². The van der Waals surface area contributed by atoms with E-state index in [1.807, 2.05) is 0 Å². The molecule has 6 heteroatoms. The van der Waals surface area contributed by atoms with Gasteiger partial charge in [0.2, 0.25) is 0 Å². The Balaban J connectivity index is 2.22. The summed E-state index contributed by atoms with van der Waals surface area (Å²) < 4.78 is 5.85. The van der Waals surface area contributed by atoms with Crippen LogP contribution in [0.1, 0.15) is 27.2 Å². The Morgan fingerprint density at radius 1 is 1.29 bits per heavy atom. The van der Waals surface area contributed by atoms with E-state index in [0.717, 1.165) is 5.57 Å². The Morgan fingerprint density at radius 3 is 2.48 bits per heavy atom. The first-order chi connectivity index (χ1) is 9.63. The molecule has 0 spiro atoms. The lowest BCUT2D eigenvalue weighted by atomic mass is 9.50. The van der Waals surface area contributed by atoms with Gasteiger partial charge >= 0.3 is 0 Å². The van der Waals surface area contributed by atoms with Gasteiger partial charge in [-0.2, -0.15) is 0 Å². The highest BCUT2D eigenvalue weighted by molar-refractivity contribution is 5.31. The molecule has 0 aromatic heterocycles. The molecule has 0 aromatic rings. The molecular formula is C15H24O6. The van der Waals surface area contributed by atoms with Gasteiger partial charge in [-0.05, 0) is 25.8 Å². The lowest BCUT2D eigenvalue weighted by Gasteiger charge is -2.61. The smallest absolute Gasteiger partial charge is 0.116 e. The minimum absolute atomic E-state index is 0.166. The maximum absolute atomic E-state index is 10.9. The van der Waals surface area contributed by atoms with Crippen molar-refractivity contribution in [3.8, 4) is 0 Å². The van der Waals surface area contributed by atoms with Crippen LogP contribution in [0.3, 0.4) is 0 Å². The minimum atomic E-state index is -1.51. The van der Waals surface area contributed by atoms with E-state index in [1.54, 1.807) is 19.9 Å². The number of fused-ring (bicyclic) bond motifs is 4. The van der Waals surface area contributed by atoms with E-state index in [-0.39, 0.29) is 13.0 Å². The summed E-state index contributed by atoms with van der Waals surface area (Å²) in [6, 6.07) is 0. The zero-order valence-corrected chi connectivity index (χ0v) is 12.5. The number of aliphatic hydroxyl groups is 5. The Labute approximate surface area is 123 Å². The number of hydrogen-bond donors (Lipinski definition) is 5. The van der Waals surface area contributed by atoms with E-state index in [2.05, 4.69) is 0 Å². The molecule has 3 aliphatic rings. The topological polar surface area (TPSA) is 110 Å². The van der Waals surface area contributed by atoms with Crippen LogP contribution in [0.25, 0.3) is 0 Å². The highest BCUT2D eigenvalue weighted by Gasteiger charge is 2.77. The van der Waals surface area contributed by atoms with Gasteiger partial charge in [0.15, 0.2) is 0 Å². The Morgan fingerprint density at radius 2 is 1.90 bits per heavy atom. The second-order valence-corrected chi connectivity index (χ2v) is 7.21. The third-order valence-electron chi connectivity index (χ3n) is 6.48. The average Bonchev–Trinajstić information content (AvgIpc) is 2.51. The number of hydrogen-bond acceptors (Lipinski definition) is 6. The summed E-state index contributed by atoms with van der Waals surface area (Å²) in [7, 11) is 0. The first-order valence-corrected chi connectivity index (χ1v) is 7.34. The number of aliphatic hydroxyl groups excluding tert-OH is 4. The standard InChI is InChI=1S/C15H24O6/c1-7-4-9-15(6-16,5-8(7)17)13(2)11(19)10(18)12(21-9)14(13,3)20/h4,8-12,16-20H,5-6H2,1-3H3/t8-,9+,10+,11+,12+,13-,14-,15+/m0/s1. The lowest BCUT2D eigenvalue weighted by Crippen LogP contribution is -2.70. The maximum Gasteiger partial charge on any atom is 0.116 e. The number of rotatable bonds is 1. The molecule has 0 radical (unpaired) electrons. The van der Waals surface area contributed by atoms with Crippen LogP contribution in [0.4, 0.5) is 0 Å². The molecule has 1 saturated heterocycles. The molecule has 6 nitrogen and oxygen atoms in total. The SMILES string of the molecule is CC1=C[C@H]2O[C@@H]3[C@H](O)[C@@H](O)[C@](C)([C@@]2(CO)C[C@@H]1O)[C@@]3(C)O. The van der Waals surface area contributed by atoms with Crippen LogP contribution >= 0.6 is 0 Å². The van der Waals surface area contributed by atoms with Crippen molar-refractivity contribution in [1.29, 1.82) is 0 Å². The van der Waals surface area contributed by atoms with Crippen LogP contribution in [0.5, 0.6) is 0 Å². The molecule has 1 saturated carbocycles. The zero-order chi connectivity index (χ0) is 15.8. The molecule has 0 unspecified atom stereocenters.